The maximum absolute atomic E-state index is 12.5. The van der Waals surface area contributed by atoms with E-state index in [0.717, 1.165) is 23.2 Å². The quantitative estimate of drug-likeness (QED) is 0.772. The molecule has 6 heteroatoms. The first-order chi connectivity index (χ1) is 12.2. The van der Waals surface area contributed by atoms with Crippen LogP contribution < -0.4 is 10.0 Å². The van der Waals surface area contributed by atoms with Crippen LogP contribution >= 0.6 is 0 Å². The molecule has 0 spiro atoms. The SMILES string of the molecule is Cc1cccc(C)c1NC(=O)c1ccc(S(=O)(=O)NCCC(C)C)cc1. The summed E-state index contributed by atoms with van der Waals surface area (Å²) in [7, 11) is -3.55. The number of benzene rings is 2. The molecular weight excluding hydrogens is 348 g/mol. The third-order valence-electron chi connectivity index (χ3n) is 4.16. The molecule has 0 bridgehead atoms. The van der Waals surface area contributed by atoms with Crippen LogP contribution in [-0.2, 0) is 10.0 Å². The van der Waals surface area contributed by atoms with Gasteiger partial charge in [0, 0.05) is 17.8 Å². The van der Waals surface area contributed by atoms with Gasteiger partial charge >= 0.3 is 0 Å². The smallest absolute Gasteiger partial charge is 0.255 e. The van der Waals surface area contributed by atoms with Crippen molar-refractivity contribution in [3.63, 3.8) is 0 Å². The standard InChI is InChI=1S/C20H26N2O3S/c1-14(2)12-13-21-26(24,25)18-10-8-17(9-11-18)20(23)22-19-15(3)6-5-7-16(19)4/h5-11,14,21H,12-13H2,1-4H3,(H,22,23). The zero-order chi connectivity index (χ0) is 19.3. The maximum Gasteiger partial charge on any atom is 0.255 e. The lowest BCUT2D eigenvalue weighted by atomic mass is 10.1. The van der Waals surface area contributed by atoms with E-state index in [-0.39, 0.29) is 10.8 Å². The number of aryl methyl sites for hydroxylation is 2. The number of anilines is 1. The Hall–Kier alpha value is -2.18. The lowest BCUT2D eigenvalue weighted by Gasteiger charge is -2.12. The zero-order valence-electron chi connectivity index (χ0n) is 15.7. The first-order valence-corrected chi connectivity index (χ1v) is 10.2. The lowest BCUT2D eigenvalue weighted by molar-refractivity contribution is 0.102. The van der Waals surface area contributed by atoms with Crippen molar-refractivity contribution in [3.8, 4) is 0 Å². The molecule has 140 valence electrons. The highest BCUT2D eigenvalue weighted by Gasteiger charge is 2.15. The van der Waals surface area contributed by atoms with Crippen LogP contribution in [0.1, 0.15) is 41.8 Å². The van der Waals surface area contributed by atoms with Crippen molar-refractivity contribution in [2.45, 2.75) is 39.0 Å². The van der Waals surface area contributed by atoms with Gasteiger partial charge < -0.3 is 5.32 Å². The number of sulfonamides is 1. The van der Waals surface area contributed by atoms with Gasteiger partial charge in [0.15, 0.2) is 0 Å². The second-order valence-electron chi connectivity index (χ2n) is 6.83. The van der Waals surface area contributed by atoms with Gasteiger partial charge in [-0.15, -0.1) is 0 Å². The number of amides is 1. The van der Waals surface area contributed by atoms with Crippen molar-refractivity contribution < 1.29 is 13.2 Å². The minimum absolute atomic E-state index is 0.157. The first-order valence-electron chi connectivity index (χ1n) is 8.68. The van der Waals surface area contributed by atoms with Crippen LogP contribution in [0.5, 0.6) is 0 Å². The van der Waals surface area contributed by atoms with Crippen molar-refractivity contribution >= 4 is 21.6 Å². The molecule has 2 aromatic carbocycles. The Labute approximate surface area is 155 Å². The van der Waals surface area contributed by atoms with Gasteiger partial charge in [-0.05, 0) is 61.6 Å². The summed E-state index contributed by atoms with van der Waals surface area (Å²) in [4.78, 5) is 12.6. The highest BCUT2D eigenvalue weighted by atomic mass is 32.2. The van der Waals surface area contributed by atoms with E-state index in [2.05, 4.69) is 10.0 Å². The molecule has 0 saturated heterocycles. The van der Waals surface area contributed by atoms with Crippen LogP contribution in [0.2, 0.25) is 0 Å². The van der Waals surface area contributed by atoms with E-state index < -0.39 is 10.0 Å². The van der Waals surface area contributed by atoms with E-state index in [0.29, 0.717) is 18.0 Å². The minimum Gasteiger partial charge on any atom is -0.322 e. The number of rotatable bonds is 7. The minimum atomic E-state index is -3.55. The highest BCUT2D eigenvalue weighted by Crippen LogP contribution is 2.20. The van der Waals surface area contributed by atoms with E-state index in [1.54, 1.807) is 0 Å². The molecule has 0 aromatic heterocycles. The Bertz CT molecular complexity index is 852. The Balaban J connectivity index is 2.10. The van der Waals surface area contributed by atoms with Crippen molar-refractivity contribution in [2.24, 2.45) is 5.92 Å². The second-order valence-corrected chi connectivity index (χ2v) is 8.59. The molecule has 2 rings (SSSR count). The predicted molar refractivity (Wildman–Crippen MR) is 105 cm³/mol. The molecule has 0 atom stereocenters. The Morgan fingerprint density at radius 3 is 2.12 bits per heavy atom. The van der Waals surface area contributed by atoms with Gasteiger partial charge in [-0.2, -0.15) is 0 Å². The average molecular weight is 375 g/mol. The normalized spacial score (nSPS) is 11.6. The monoisotopic (exact) mass is 374 g/mol. The van der Waals surface area contributed by atoms with Gasteiger partial charge in [0.2, 0.25) is 10.0 Å². The lowest BCUT2D eigenvalue weighted by Crippen LogP contribution is -2.25. The Morgan fingerprint density at radius 1 is 1.00 bits per heavy atom. The number of carbonyl (C=O) groups is 1. The molecule has 1 amide bonds. The molecule has 0 saturated carbocycles. The van der Waals surface area contributed by atoms with E-state index >= 15 is 0 Å². The van der Waals surface area contributed by atoms with E-state index in [1.807, 2.05) is 45.9 Å². The molecule has 0 aliphatic carbocycles. The van der Waals surface area contributed by atoms with Gasteiger partial charge in [0.1, 0.15) is 0 Å². The molecule has 0 radical (unpaired) electrons. The predicted octanol–water partition coefficient (Wildman–Crippen LogP) is 3.88. The third kappa shape index (κ3) is 5.16. The van der Waals surface area contributed by atoms with Gasteiger partial charge in [0.25, 0.3) is 5.91 Å². The van der Waals surface area contributed by atoms with Crippen molar-refractivity contribution in [1.29, 1.82) is 0 Å². The van der Waals surface area contributed by atoms with Crippen molar-refractivity contribution in [1.82, 2.24) is 4.72 Å². The van der Waals surface area contributed by atoms with Crippen LogP contribution in [0.3, 0.4) is 0 Å². The van der Waals surface area contributed by atoms with Gasteiger partial charge in [-0.25, -0.2) is 13.1 Å². The average Bonchev–Trinajstić information content (AvgIpc) is 2.57. The molecular formula is C20H26N2O3S. The molecule has 2 aromatic rings. The molecule has 0 aliphatic rings. The molecule has 0 unspecified atom stereocenters. The van der Waals surface area contributed by atoms with E-state index in [4.69, 9.17) is 0 Å². The third-order valence-corrected chi connectivity index (χ3v) is 5.64. The van der Waals surface area contributed by atoms with Crippen LogP contribution in [0.4, 0.5) is 5.69 Å². The van der Waals surface area contributed by atoms with Crippen LogP contribution in [-0.4, -0.2) is 20.9 Å². The van der Waals surface area contributed by atoms with Gasteiger partial charge in [0.05, 0.1) is 4.90 Å². The van der Waals surface area contributed by atoms with Crippen LogP contribution in [0.25, 0.3) is 0 Å². The molecule has 0 aliphatic heterocycles. The summed E-state index contributed by atoms with van der Waals surface area (Å²) in [6.07, 6.45) is 0.773. The van der Waals surface area contributed by atoms with Crippen LogP contribution in [0.15, 0.2) is 47.4 Å². The molecule has 2 N–H and O–H groups in total. The number of carbonyl (C=O) groups excluding carboxylic acids is 1. The molecule has 26 heavy (non-hydrogen) atoms. The number of para-hydroxylation sites is 1. The molecule has 0 fully saturated rings. The number of hydrogen-bond acceptors (Lipinski definition) is 3. The zero-order valence-corrected chi connectivity index (χ0v) is 16.5. The summed E-state index contributed by atoms with van der Waals surface area (Å²) in [5.41, 5.74) is 3.15. The summed E-state index contributed by atoms with van der Waals surface area (Å²) >= 11 is 0. The molecule has 0 heterocycles. The van der Waals surface area contributed by atoms with Crippen molar-refractivity contribution in [3.05, 3.63) is 59.2 Å². The fraction of sp³-hybridized carbons (Fsp3) is 0.350. The van der Waals surface area contributed by atoms with E-state index in [1.165, 1.54) is 24.3 Å². The second kappa shape index (κ2) is 8.47. The Morgan fingerprint density at radius 2 is 1.58 bits per heavy atom. The van der Waals surface area contributed by atoms with Crippen molar-refractivity contribution in [2.75, 3.05) is 11.9 Å². The number of hydrogen-bond donors (Lipinski definition) is 2. The first kappa shape index (κ1) is 20.1. The summed E-state index contributed by atoms with van der Waals surface area (Å²) in [6.45, 7) is 8.34. The largest absolute Gasteiger partial charge is 0.322 e. The fourth-order valence-corrected chi connectivity index (χ4v) is 3.60. The summed E-state index contributed by atoms with van der Waals surface area (Å²) in [6, 6.07) is 11.8. The summed E-state index contributed by atoms with van der Waals surface area (Å²) in [5, 5.41) is 2.90. The summed E-state index contributed by atoms with van der Waals surface area (Å²) in [5.74, 6) is 0.160. The van der Waals surface area contributed by atoms with Crippen LogP contribution in [0, 0.1) is 19.8 Å². The van der Waals surface area contributed by atoms with E-state index in [9.17, 15) is 13.2 Å². The van der Waals surface area contributed by atoms with Gasteiger partial charge in [-0.3, -0.25) is 4.79 Å². The van der Waals surface area contributed by atoms with Gasteiger partial charge in [-0.1, -0.05) is 32.0 Å². The fourth-order valence-electron chi connectivity index (χ4n) is 2.55. The molecule has 5 nitrogen and oxygen atoms in total. The topological polar surface area (TPSA) is 75.3 Å². The highest BCUT2D eigenvalue weighted by molar-refractivity contribution is 7.89. The summed E-state index contributed by atoms with van der Waals surface area (Å²) < 4.78 is 27.1. The number of nitrogens with one attached hydrogen (secondary N) is 2. The Kier molecular flexibility index (Phi) is 6.56. The maximum atomic E-state index is 12.5.